The third-order valence-electron chi connectivity index (χ3n) is 5.44. The van der Waals surface area contributed by atoms with Crippen LogP contribution in [0.25, 0.3) is 5.57 Å². The van der Waals surface area contributed by atoms with Crippen LogP contribution in [0, 0.1) is 11.3 Å². The molecular formula is C27H36N6O3. The minimum Gasteiger partial charge on any atom is -0.492 e. The maximum Gasteiger partial charge on any atom is 0.220 e. The molecule has 3 heterocycles. The van der Waals surface area contributed by atoms with E-state index in [-0.39, 0.29) is 11.8 Å². The van der Waals surface area contributed by atoms with Gasteiger partial charge in [0, 0.05) is 36.4 Å². The molecule has 0 saturated heterocycles. The van der Waals surface area contributed by atoms with E-state index in [1.807, 2.05) is 66.0 Å². The molecule has 3 rings (SSSR count). The van der Waals surface area contributed by atoms with Gasteiger partial charge in [0.2, 0.25) is 11.8 Å². The Morgan fingerprint density at radius 1 is 1.28 bits per heavy atom. The minimum absolute atomic E-state index is 0.0806. The highest BCUT2D eigenvalue weighted by atomic mass is 16.5. The summed E-state index contributed by atoms with van der Waals surface area (Å²) in [6.45, 7) is 12.9. The molecule has 2 N–H and O–H groups in total. The first-order valence-corrected chi connectivity index (χ1v) is 12.1. The lowest BCUT2D eigenvalue weighted by Gasteiger charge is -2.20. The SMILES string of the molecule is C/C=C/C=C1\N=C(/C)c2cnn(C)c2OCC(C)COc2cc(ncc2C(C(=N)OCC)=C(C)C)N1. The Morgan fingerprint density at radius 3 is 2.72 bits per heavy atom. The summed E-state index contributed by atoms with van der Waals surface area (Å²) in [5.41, 5.74) is 3.88. The van der Waals surface area contributed by atoms with Gasteiger partial charge in [-0.15, -0.1) is 0 Å². The lowest BCUT2D eigenvalue weighted by Crippen LogP contribution is -2.19. The molecule has 1 atom stereocenters. The van der Waals surface area contributed by atoms with Crippen molar-refractivity contribution in [3.63, 3.8) is 0 Å². The number of ether oxygens (including phenoxy) is 3. The lowest BCUT2D eigenvalue weighted by atomic mass is 10.0. The number of aliphatic imine (C=N–C) groups is 1. The fourth-order valence-electron chi connectivity index (χ4n) is 3.66. The van der Waals surface area contributed by atoms with Crippen molar-refractivity contribution in [1.29, 1.82) is 5.41 Å². The quantitative estimate of drug-likeness (QED) is 0.439. The van der Waals surface area contributed by atoms with Gasteiger partial charge in [-0.25, -0.2) is 14.7 Å². The Hall–Kier alpha value is -3.88. The fourth-order valence-corrected chi connectivity index (χ4v) is 3.66. The number of nitrogens with one attached hydrogen (secondary N) is 2. The zero-order valence-electron chi connectivity index (χ0n) is 22.2. The molecular weight excluding hydrogens is 456 g/mol. The summed E-state index contributed by atoms with van der Waals surface area (Å²) in [6, 6.07) is 1.83. The van der Waals surface area contributed by atoms with Crippen LogP contribution in [0.15, 0.2) is 53.1 Å². The van der Waals surface area contributed by atoms with Gasteiger partial charge >= 0.3 is 0 Å². The van der Waals surface area contributed by atoms with E-state index in [2.05, 4.69) is 22.3 Å². The molecule has 2 bridgehead atoms. The number of fused-ring (bicyclic) bond motifs is 3. The van der Waals surface area contributed by atoms with Gasteiger partial charge in [0.1, 0.15) is 17.4 Å². The van der Waals surface area contributed by atoms with E-state index in [4.69, 9.17) is 24.6 Å². The Balaban J connectivity index is 2.12. The second kappa shape index (κ2) is 12.2. The van der Waals surface area contributed by atoms with Gasteiger partial charge in [-0.3, -0.25) is 5.41 Å². The van der Waals surface area contributed by atoms with Crippen LogP contribution >= 0.6 is 0 Å². The van der Waals surface area contributed by atoms with Crippen LogP contribution in [0.3, 0.4) is 0 Å². The van der Waals surface area contributed by atoms with Crippen LogP contribution < -0.4 is 14.8 Å². The zero-order valence-corrected chi connectivity index (χ0v) is 22.2. The van der Waals surface area contributed by atoms with Crippen LogP contribution in [-0.2, 0) is 11.8 Å². The fraction of sp³-hybridized carbons (Fsp3) is 0.407. The molecule has 2 aromatic heterocycles. The summed E-state index contributed by atoms with van der Waals surface area (Å²) in [6.07, 6.45) is 9.17. The van der Waals surface area contributed by atoms with Gasteiger partial charge in [-0.2, -0.15) is 5.10 Å². The number of anilines is 1. The number of nitrogens with zero attached hydrogens (tertiary/aromatic N) is 4. The summed E-state index contributed by atoms with van der Waals surface area (Å²) in [7, 11) is 1.85. The van der Waals surface area contributed by atoms with Gasteiger partial charge in [0.15, 0.2) is 0 Å². The number of aromatic nitrogens is 3. The molecule has 0 aromatic carbocycles. The molecule has 36 heavy (non-hydrogen) atoms. The van der Waals surface area contributed by atoms with Gasteiger partial charge in [0.05, 0.1) is 37.3 Å². The number of aryl methyl sites for hydroxylation is 1. The summed E-state index contributed by atoms with van der Waals surface area (Å²) >= 11 is 0. The average molecular weight is 493 g/mol. The number of allylic oxidation sites excluding steroid dienone is 4. The number of pyridine rings is 1. The molecule has 1 unspecified atom stereocenters. The molecule has 0 amide bonds. The van der Waals surface area contributed by atoms with Crippen LogP contribution in [0.4, 0.5) is 5.82 Å². The summed E-state index contributed by atoms with van der Waals surface area (Å²) in [5, 5.41) is 16.1. The minimum atomic E-state index is 0.0806. The number of hydrogen-bond acceptors (Lipinski definition) is 8. The molecule has 0 saturated carbocycles. The predicted octanol–water partition coefficient (Wildman–Crippen LogP) is 5.37. The zero-order chi connectivity index (χ0) is 26.2. The molecule has 0 spiro atoms. The van der Waals surface area contributed by atoms with Gasteiger partial charge < -0.3 is 19.5 Å². The Labute approximate surface area is 213 Å². The van der Waals surface area contributed by atoms with E-state index in [1.54, 1.807) is 17.1 Å². The lowest BCUT2D eigenvalue weighted by molar-refractivity contribution is 0.179. The van der Waals surface area contributed by atoms with E-state index in [9.17, 15) is 0 Å². The average Bonchev–Trinajstić information content (AvgIpc) is 3.20. The Kier molecular flexibility index (Phi) is 9.05. The van der Waals surface area contributed by atoms with E-state index in [0.29, 0.717) is 54.2 Å². The van der Waals surface area contributed by atoms with E-state index >= 15 is 0 Å². The first-order valence-electron chi connectivity index (χ1n) is 12.1. The molecule has 0 aliphatic carbocycles. The van der Waals surface area contributed by atoms with Crippen molar-refractivity contribution < 1.29 is 14.2 Å². The van der Waals surface area contributed by atoms with Gasteiger partial charge in [-0.05, 0) is 40.7 Å². The molecule has 9 heteroatoms. The van der Waals surface area contributed by atoms with Crippen LogP contribution in [0.1, 0.15) is 52.7 Å². The first kappa shape index (κ1) is 26.7. The molecule has 1 aliphatic heterocycles. The van der Waals surface area contributed by atoms with Crippen molar-refractivity contribution in [2.75, 3.05) is 25.1 Å². The van der Waals surface area contributed by atoms with Gasteiger partial charge in [-0.1, -0.05) is 24.6 Å². The van der Waals surface area contributed by atoms with Crippen molar-refractivity contribution in [2.45, 2.75) is 41.5 Å². The third kappa shape index (κ3) is 6.41. The van der Waals surface area contributed by atoms with Crippen molar-refractivity contribution in [1.82, 2.24) is 14.8 Å². The largest absolute Gasteiger partial charge is 0.492 e. The second-order valence-corrected chi connectivity index (χ2v) is 8.82. The summed E-state index contributed by atoms with van der Waals surface area (Å²) < 4.78 is 19.7. The van der Waals surface area contributed by atoms with E-state index in [1.165, 1.54) is 0 Å². The monoisotopic (exact) mass is 492 g/mol. The smallest absolute Gasteiger partial charge is 0.220 e. The predicted molar refractivity (Wildman–Crippen MR) is 144 cm³/mol. The molecule has 1 aliphatic rings. The van der Waals surface area contributed by atoms with Crippen LogP contribution in [0.5, 0.6) is 11.6 Å². The summed E-state index contributed by atoms with van der Waals surface area (Å²) in [5.74, 6) is 2.60. The van der Waals surface area contributed by atoms with Crippen molar-refractivity contribution in [3.8, 4) is 11.6 Å². The highest BCUT2D eigenvalue weighted by Crippen LogP contribution is 2.32. The molecule has 2 aromatic rings. The number of hydrogen-bond donors (Lipinski definition) is 2. The Bertz CT molecular complexity index is 1220. The van der Waals surface area contributed by atoms with Crippen molar-refractivity contribution >= 4 is 23.0 Å². The van der Waals surface area contributed by atoms with E-state index in [0.717, 1.165) is 16.8 Å². The van der Waals surface area contributed by atoms with Crippen LogP contribution in [0.2, 0.25) is 0 Å². The standard InChI is InChI=1S/C27H36N6O3/c1-8-10-11-23-31-19(6)20-14-30-33(7)27(20)36-16-18(5)15-35-22-12-24(32-23)29-13-21(22)25(17(3)4)26(28)34-9-2/h8,10-14,18,28H,9,15-16H2,1-7H3,(H,29,32)/b10-8+,23-11+,28-26?,31-19+. The van der Waals surface area contributed by atoms with Crippen molar-refractivity contribution in [3.05, 3.63) is 59.2 Å². The van der Waals surface area contributed by atoms with Crippen molar-refractivity contribution in [2.24, 2.45) is 18.0 Å². The molecule has 192 valence electrons. The first-order chi connectivity index (χ1) is 17.2. The normalized spacial score (nSPS) is 18.7. The Morgan fingerprint density at radius 2 is 2.03 bits per heavy atom. The van der Waals surface area contributed by atoms with E-state index < -0.39 is 0 Å². The highest BCUT2D eigenvalue weighted by Gasteiger charge is 2.20. The molecule has 9 nitrogen and oxygen atoms in total. The maximum atomic E-state index is 8.45. The topological polar surface area (TPSA) is 107 Å². The van der Waals surface area contributed by atoms with Crippen LogP contribution in [-0.4, -0.2) is 46.2 Å². The highest BCUT2D eigenvalue weighted by molar-refractivity contribution is 6.19. The molecule has 0 radical (unpaired) electrons. The van der Waals surface area contributed by atoms with Gasteiger partial charge in [0.25, 0.3) is 0 Å². The molecule has 0 fully saturated rings. The summed E-state index contributed by atoms with van der Waals surface area (Å²) in [4.78, 5) is 9.43. The number of rotatable bonds is 4. The second-order valence-electron chi connectivity index (χ2n) is 8.82. The third-order valence-corrected chi connectivity index (χ3v) is 5.44. The maximum absolute atomic E-state index is 8.45.